The number of carbonyl (C=O) groups excluding carboxylic acids is 3. The van der Waals surface area contributed by atoms with Gasteiger partial charge in [-0.2, -0.15) is 10.2 Å². The minimum absolute atomic E-state index is 0.000899. The van der Waals surface area contributed by atoms with Crippen molar-refractivity contribution in [1.29, 1.82) is 0 Å². The number of fused-ring (bicyclic) bond motifs is 2. The molecule has 2 aliphatic rings. The monoisotopic (exact) mass is 540 g/mol. The number of piperidine rings is 1. The number of hydrogen-bond acceptors (Lipinski definition) is 7. The molecule has 194 valence electrons. The SMILES string of the molecule is NC(=O)c1nn(CC(=O)N2[C@H](C(=O)Nc3cccc(Cl)n3)C[C@H]3C[C@@H]32)c2ccc(C#Cc3cccnn3)cc12. The molecule has 3 N–H and O–H groups in total. The summed E-state index contributed by atoms with van der Waals surface area (Å²) in [6.45, 7) is -0.156. The fourth-order valence-corrected chi connectivity index (χ4v) is 5.17. The summed E-state index contributed by atoms with van der Waals surface area (Å²) in [4.78, 5) is 44.5. The zero-order valence-electron chi connectivity index (χ0n) is 20.4. The van der Waals surface area contributed by atoms with Gasteiger partial charge >= 0.3 is 0 Å². The van der Waals surface area contributed by atoms with Crippen LogP contribution in [0.2, 0.25) is 5.15 Å². The smallest absolute Gasteiger partial charge is 0.269 e. The van der Waals surface area contributed by atoms with Gasteiger partial charge in [-0.1, -0.05) is 23.6 Å². The maximum absolute atomic E-state index is 13.5. The number of pyridine rings is 1. The highest BCUT2D eigenvalue weighted by Crippen LogP contribution is 2.48. The van der Waals surface area contributed by atoms with Gasteiger partial charge in [-0.25, -0.2) is 4.98 Å². The second-order valence-corrected chi connectivity index (χ2v) is 9.80. The Hall–Kier alpha value is -4.82. The summed E-state index contributed by atoms with van der Waals surface area (Å²) in [7, 11) is 0. The van der Waals surface area contributed by atoms with Crippen LogP contribution in [0.1, 0.15) is 34.6 Å². The summed E-state index contributed by atoms with van der Waals surface area (Å²) < 4.78 is 1.45. The quantitative estimate of drug-likeness (QED) is 0.290. The Morgan fingerprint density at radius 1 is 1.10 bits per heavy atom. The van der Waals surface area contributed by atoms with E-state index in [1.165, 1.54) is 4.68 Å². The Balaban J connectivity index is 1.25. The number of nitrogens with one attached hydrogen (secondary N) is 1. The molecule has 0 radical (unpaired) electrons. The molecular formula is C27H21ClN8O3. The topological polar surface area (TPSA) is 149 Å². The van der Waals surface area contributed by atoms with Gasteiger partial charge in [-0.05, 0) is 67.1 Å². The van der Waals surface area contributed by atoms with Crippen molar-refractivity contribution in [2.45, 2.75) is 31.5 Å². The molecule has 3 amide bonds. The van der Waals surface area contributed by atoms with Crippen LogP contribution in [0.25, 0.3) is 10.9 Å². The summed E-state index contributed by atoms with van der Waals surface area (Å²) in [6.07, 6.45) is 2.98. The van der Waals surface area contributed by atoms with Crippen molar-refractivity contribution < 1.29 is 14.4 Å². The van der Waals surface area contributed by atoms with E-state index in [-0.39, 0.29) is 41.2 Å². The number of aromatic nitrogens is 5. The number of anilines is 1. The molecule has 0 bridgehead atoms. The Labute approximate surface area is 227 Å². The first-order valence-corrected chi connectivity index (χ1v) is 12.6. The predicted octanol–water partition coefficient (Wildman–Crippen LogP) is 2.00. The Morgan fingerprint density at radius 2 is 1.97 bits per heavy atom. The van der Waals surface area contributed by atoms with E-state index in [1.54, 1.807) is 59.6 Å². The lowest BCUT2D eigenvalue weighted by atomic mass is 10.1. The fourth-order valence-electron chi connectivity index (χ4n) is 5.01. The Bertz CT molecular complexity index is 1690. The largest absolute Gasteiger partial charge is 0.364 e. The van der Waals surface area contributed by atoms with Gasteiger partial charge in [-0.3, -0.25) is 19.1 Å². The van der Waals surface area contributed by atoms with Crippen LogP contribution >= 0.6 is 11.6 Å². The molecule has 2 fully saturated rings. The molecule has 0 unspecified atom stereocenters. The third-order valence-corrected chi connectivity index (χ3v) is 7.05. The van der Waals surface area contributed by atoms with Crippen LogP contribution in [0.4, 0.5) is 5.82 Å². The van der Waals surface area contributed by atoms with Crippen LogP contribution < -0.4 is 11.1 Å². The van der Waals surface area contributed by atoms with Gasteiger partial charge in [0.05, 0.1) is 5.52 Å². The van der Waals surface area contributed by atoms with Crippen LogP contribution in [-0.2, 0) is 16.1 Å². The highest BCUT2D eigenvalue weighted by atomic mass is 35.5. The minimum Gasteiger partial charge on any atom is -0.364 e. The average molecular weight is 541 g/mol. The van der Waals surface area contributed by atoms with Gasteiger partial charge < -0.3 is 16.0 Å². The van der Waals surface area contributed by atoms with Crippen molar-refractivity contribution in [3.8, 4) is 11.8 Å². The highest BCUT2D eigenvalue weighted by molar-refractivity contribution is 6.29. The Morgan fingerprint density at radius 3 is 2.74 bits per heavy atom. The molecular weight excluding hydrogens is 520 g/mol. The molecule has 11 nitrogen and oxygen atoms in total. The van der Waals surface area contributed by atoms with Crippen molar-refractivity contribution in [2.75, 3.05) is 5.32 Å². The molecule has 1 aliphatic carbocycles. The molecule has 4 heterocycles. The number of likely N-dealkylation sites (tertiary alicyclic amines) is 1. The molecule has 3 aromatic heterocycles. The summed E-state index contributed by atoms with van der Waals surface area (Å²) in [5.74, 6) is 5.20. The van der Waals surface area contributed by atoms with Crippen LogP contribution in [0.5, 0.6) is 0 Å². The zero-order valence-corrected chi connectivity index (χ0v) is 21.2. The molecule has 12 heteroatoms. The first-order valence-electron chi connectivity index (χ1n) is 12.2. The van der Waals surface area contributed by atoms with Crippen LogP contribution in [-0.4, -0.2) is 59.7 Å². The van der Waals surface area contributed by atoms with Gasteiger partial charge in [0.15, 0.2) is 5.69 Å². The molecule has 1 aromatic carbocycles. The average Bonchev–Trinajstić information content (AvgIpc) is 3.43. The lowest BCUT2D eigenvalue weighted by molar-refractivity contribution is -0.138. The van der Waals surface area contributed by atoms with E-state index in [0.717, 1.165) is 6.42 Å². The summed E-state index contributed by atoms with van der Waals surface area (Å²) in [5.41, 5.74) is 7.31. The second-order valence-electron chi connectivity index (χ2n) is 9.41. The number of carbonyl (C=O) groups is 3. The van der Waals surface area contributed by atoms with E-state index in [9.17, 15) is 14.4 Å². The molecule has 4 aromatic rings. The number of primary amides is 1. The summed E-state index contributed by atoms with van der Waals surface area (Å²) in [5, 5.41) is 15.6. The van der Waals surface area contributed by atoms with E-state index < -0.39 is 11.9 Å². The maximum atomic E-state index is 13.5. The summed E-state index contributed by atoms with van der Waals surface area (Å²) in [6, 6.07) is 13.0. The molecule has 6 rings (SSSR count). The lowest BCUT2D eigenvalue weighted by Gasteiger charge is -2.26. The lowest BCUT2D eigenvalue weighted by Crippen LogP contribution is -2.46. The molecule has 39 heavy (non-hydrogen) atoms. The van der Waals surface area contributed by atoms with Crippen LogP contribution in [0.15, 0.2) is 54.7 Å². The fraction of sp³-hybridized carbons (Fsp3) is 0.222. The molecule has 0 spiro atoms. The number of amides is 3. The normalized spacial score (nSPS) is 19.2. The predicted molar refractivity (Wildman–Crippen MR) is 141 cm³/mol. The van der Waals surface area contributed by atoms with Crippen LogP contribution in [0.3, 0.4) is 0 Å². The number of benzene rings is 1. The van der Waals surface area contributed by atoms with E-state index in [4.69, 9.17) is 17.3 Å². The number of hydrogen-bond donors (Lipinski definition) is 2. The molecule has 1 saturated carbocycles. The second kappa shape index (κ2) is 9.81. The first kappa shape index (κ1) is 24.5. The number of nitrogens with zero attached hydrogens (tertiary/aromatic N) is 6. The zero-order chi connectivity index (χ0) is 27.1. The van der Waals surface area contributed by atoms with Crippen molar-refractivity contribution in [3.63, 3.8) is 0 Å². The summed E-state index contributed by atoms with van der Waals surface area (Å²) >= 11 is 5.93. The van der Waals surface area contributed by atoms with Gasteiger partial charge in [0.2, 0.25) is 11.8 Å². The van der Waals surface area contributed by atoms with Crippen molar-refractivity contribution in [2.24, 2.45) is 11.7 Å². The number of halogens is 1. The van der Waals surface area contributed by atoms with E-state index in [0.29, 0.717) is 34.4 Å². The highest BCUT2D eigenvalue weighted by Gasteiger charge is 2.56. The molecule has 1 aliphatic heterocycles. The van der Waals surface area contributed by atoms with Crippen molar-refractivity contribution >= 4 is 46.0 Å². The van der Waals surface area contributed by atoms with E-state index in [2.05, 4.69) is 37.4 Å². The van der Waals surface area contributed by atoms with Crippen molar-refractivity contribution in [3.05, 3.63) is 76.8 Å². The van der Waals surface area contributed by atoms with Gasteiger partial charge in [0.1, 0.15) is 29.3 Å². The molecule has 3 atom stereocenters. The van der Waals surface area contributed by atoms with Gasteiger partial charge in [0.25, 0.3) is 5.91 Å². The third-order valence-electron chi connectivity index (χ3n) is 6.84. The van der Waals surface area contributed by atoms with Gasteiger partial charge in [-0.15, -0.1) is 5.10 Å². The number of rotatable bonds is 5. The third kappa shape index (κ3) is 4.89. The molecule has 1 saturated heterocycles. The van der Waals surface area contributed by atoms with Crippen LogP contribution in [0, 0.1) is 17.8 Å². The maximum Gasteiger partial charge on any atom is 0.269 e. The standard InChI is InChI=1S/C27H21ClN8O3/c28-22-4-1-5-23(31-22)32-27(39)21-13-16-12-20(16)36(21)24(37)14-35-19-9-7-15(6-8-17-3-2-10-30-33-17)11-18(19)25(34-35)26(29)38/h1-5,7,9-11,16,20-21H,12-14H2,(H2,29,38)(H,31,32,39)/t16-,20+,21+/m1/s1. The number of nitrogens with two attached hydrogens (primary N) is 1. The van der Waals surface area contributed by atoms with Crippen molar-refractivity contribution in [1.82, 2.24) is 29.9 Å². The van der Waals surface area contributed by atoms with E-state index >= 15 is 0 Å². The minimum atomic E-state index is -0.722. The Kier molecular flexibility index (Phi) is 6.17. The van der Waals surface area contributed by atoms with Gasteiger partial charge in [0, 0.05) is 23.2 Å². The van der Waals surface area contributed by atoms with E-state index in [1.807, 2.05) is 0 Å². The first-order chi connectivity index (χ1) is 18.9.